The maximum absolute atomic E-state index is 2.40. The molecular formula is C33H25N. The van der Waals surface area contributed by atoms with E-state index in [1.54, 1.807) is 0 Å². The molecule has 0 amide bonds. The van der Waals surface area contributed by atoms with Crippen molar-refractivity contribution in [3.8, 4) is 27.9 Å². The van der Waals surface area contributed by atoms with E-state index in [0.29, 0.717) is 0 Å². The molecule has 162 valence electrons. The molecule has 6 aromatic rings. The lowest BCUT2D eigenvalue weighted by atomic mass is 9.81. The number of hydrogen-bond donors (Lipinski definition) is 0. The van der Waals surface area contributed by atoms with Crippen LogP contribution < -0.4 is 0 Å². The van der Waals surface area contributed by atoms with E-state index in [1.165, 1.54) is 60.9 Å². The quantitative estimate of drug-likeness (QED) is 0.256. The van der Waals surface area contributed by atoms with Crippen molar-refractivity contribution in [2.45, 2.75) is 19.3 Å². The Morgan fingerprint density at radius 3 is 1.88 bits per heavy atom. The van der Waals surface area contributed by atoms with Crippen molar-refractivity contribution in [3.05, 3.63) is 126 Å². The van der Waals surface area contributed by atoms with Gasteiger partial charge >= 0.3 is 0 Å². The van der Waals surface area contributed by atoms with Crippen molar-refractivity contribution in [1.82, 2.24) is 4.57 Å². The molecule has 0 N–H and O–H groups in total. The SMILES string of the molecule is CC1(C)c2ccccc2-c2ccc(-c3cccc(-n4c5ccccc5c5ccccc54)c3)cc21. The van der Waals surface area contributed by atoms with Crippen LogP contribution in [-0.4, -0.2) is 4.57 Å². The monoisotopic (exact) mass is 435 g/mol. The minimum atomic E-state index is 0.00633. The van der Waals surface area contributed by atoms with Gasteiger partial charge in [-0.15, -0.1) is 0 Å². The van der Waals surface area contributed by atoms with Gasteiger partial charge in [-0.3, -0.25) is 0 Å². The molecule has 1 aliphatic carbocycles. The molecule has 5 aromatic carbocycles. The van der Waals surface area contributed by atoms with E-state index in [2.05, 4.69) is 134 Å². The molecule has 7 rings (SSSR count). The molecule has 1 aromatic heterocycles. The molecule has 1 heteroatoms. The summed E-state index contributed by atoms with van der Waals surface area (Å²) in [5.41, 5.74) is 11.8. The van der Waals surface area contributed by atoms with Crippen LogP contribution in [0.15, 0.2) is 115 Å². The summed E-state index contributed by atoms with van der Waals surface area (Å²) >= 11 is 0. The van der Waals surface area contributed by atoms with Gasteiger partial charge in [-0.25, -0.2) is 0 Å². The van der Waals surface area contributed by atoms with E-state index in [4.69, 9.17) is 0 Å². The fraction of sp³-hybridized carbons (Fsp3) is 0.0909. The van der Waals surface area contributed by atoms with Gasteiger partial charge in [0.2, 0.25) is 0 Å². The van der Waals surface area contributed by atoms with Crippen LogP contribution in [0.3, 0.4) is 0 Å². The van der Waals surface area contributed by atoms with Gasteiger partial charge in [0.25, 0.3) is 0 Å². The first kappa shape index (κ1) is 19.4. The number of benzene rings is 5. The summed E-state index contributed by atoms with van der Waals surface area (Å²) in [7, 11) is 0. The van der Waals surface area contributed by atoms with Crippen LogP contribution >= 0.6 is 0 Å². The Morgan fingerprint density at radius 1 is 0.500 bits per heavy atom. The van der Waals surface area contributed by atoms with E-state index in [0.717, 1.165) is 0 Å². The molecule has 0 saturated heterocycles. The minimum Gasteiger partial charge on any atom is -0.309 e. The van der Waals surface area contributed by atoms with Crippen molar-refractivity contribution in [2.75, 3.05) is 0 Å². The molecule has 0 saturated carbocycles. The van der Waals surface area contributed by atoms with E-state index in [-0.39, 0.29) is 5.41 Å². The maximum atomic E-state index is 2.40. The third kappa shape index (κ3) is 2.61. The third-order valence-corrected chi connectivity index (χ3v) is 7.60. The van der Waals surface area contributed by atoms with Gasteiger partial charge in [-0.05, 0) is 63.7 Å². The van der Waals surface area contributed by atoms with Gasteiger partial charge in [0.15, 0.2) is 0 Å². The summed E-state index contributed by atoms with van der Waals surface area (Å²) in [6, 6.07) is 42.2. The maximum Gasteiger partial charge on any atom is 0.0541 e. The largest absolute Gasteiger partial charge is 0.309 e. The van der Waals surface area contributed by atoms with Crippen LogP contribution in [0.25, 0.3) is 49.7 Å². The molecule has 0 bridgehead atoms. The predicted molar refractivity (Wildman–Crippen MR) is 144 cm³/mol. The van der Waals surface area contributed by atoms with E-state index < -0.39 is 0 Å². The molecule has 0 radical (unpaired) electrons. The third-order valence-electron chi connectivity index (χ3n) is 7.60. The fourth-order valence-electron chi connectivity index (χ4n) is 5.91. The van der Waals surface area contributed by atoms with Crippen molar-refractivity contribution in [1.29, 1.82) is 0 Å². The van der Waals surface area contributed by atoms with Crippen molar-refractivity contribution in [2.24, 2.45) is 0 Å². The fourth-order valence-corrected chi connectivity index (χ4v) is 5.91. The normalized spacial score (nSPS) is 13.8. The second kappa shape index (κ2) is 6.95. The number of rotatable bonds is 2. The molecular weight excluding hydrogens is 410 g/mol. The first-order chi connectivity index (χ1) is 16.6. The minimum absolute atomic E-state index is 0.00633. The highest BCUT2D eigenvalue weighted by Gasteiger charge is 2.35. The summed E-state index contributed by atoms with van der Waals surface area (Å²) in [4.78, 5) is 0. The van der Waals surface area contributed by atoms with Gasteiger partial charge in [-0.2, -0.15) is 0 Å². The van der Waals surface area contributed by atoms with Crippen LogP contribution in [0, 0.1) is 0 Å². The van der Waals surface area contributed by atoms with Crippen LogP contribution in [-0.2, 0) is 5.41 Å². The van der Waals surface area contributed by atoms with Crippen LogP contribution in [0.5, 0.6) is 0 Å². The van der Waals surface area contributed by atoms with Crippen molar-refractivity contribution < 1.29 is 0 Å². The van der Waals surface area contributed by atoms with Crippen LogP contribution in [0.2, 0.25) is 0 Å². The second-order valence-corrected chi connectivity index (χ2v) is 9.85. The number of aromatic nitrogens is 1. The first-order valence-electron chi connectivity index (χ1n) is 12.0. The Bertz CT molecular complexity index is 1680. The molecule has 0 atom stereocenters. The van der Waals surface area contributed by atoms with Gasteiger partial charge in [0.1, 0.15) is 0 Å². The second-order valence-electron chi connectivity index (χ2n) is 9.85. The Balaban J connectivity index is 1.41. The zero-order valence-electron chi connectivity index (χ0n) is 19.4. The van der Waals surface area contributed by atoms with Gasteiger partial charge in [0, 0.05) is 21.9 Å². The lowest BCUT2D eigenvalue weighted by molar-refractivity contribution is 0.660. The summed E-state index contributed by atoms with van der Waals surface area (Å²) in [6.45, 7) is 4.69. The topological polar surface area (TPSA) is 4.93 Å². The number of hydrogen-bond acceptors (Lipinski definition) is 0. The van der Waals surface area contributed by atoms with Gasteiger partial charge in [0.05, 0.1) is 11.0 Å². The van der Waals surface area contributed by atoms with Crippen LogP contribution in [0.1, 0.15) is 25.0 Å². The summed E-state index contributed by atoms with van der Waals surface area (Å²) in [5.74, 6) is 0. The molecule has 0 aliphatic heterocycles. The Hall–Kier alpha value is -4.10. The summed E-state index contributed by atoms with van der Waals surface area (Å²) in [6.07, 6.45) is 0. The van der Waals surface area contributed by atoms with Gasteiger partial charge < -0.3 is 4.57 Å². The zero-order valence-corrected chi connectivity index (χ0v) is 19.4. The highest BCUT2D eigenvalue weighted by atomic mass is 15.0. The number of nitrogens with zero attached hydrogens (tertiary/aromatic N) is 1. The highest BCUT2D eigenvalue weighted by molar-refractivity contribution is 6.09. The van der Waals surface area contributed by atoms with E-state index in [9.17, 15) is 0 Å². The number of fused-ring (bicyclic) bond motifs is 6. The van der Waals surface area contributed by atoms with Crippen molar-refractivity contribution >= 4 is 21.8 Å². The predicted octanol–water partition coefficient (Wildman–Crippen LogP) is 8.76. The highest BCUT2D eigenvalue weighted by Crippen LogP contribution is 2.49. The lowest BCUT2D eigenvalue weighted by Gasteiger charge is -2.22. The summed E-state index contributed by atoms with van der Waals surface area (Å²) in [5, 5.41) is 2.58. The first-order valence-corrected chi connectivity index (χ1v) is 12.0. The molecule has 0 spiro atoms. The number of para-hydroxylation sites is 2. The summed E-state index contributed by atoms with van der Waals surface area (Å²) < 4.78 is 2.39. The molecule has 0 unspecified atom stereocenters. The molecule has 1 heterocycles. The average molecular weight is 436 g/mol. The van der Waals surface area contributed by atoms with Gasteiger partial charge in [-0.1, -0.05) is 98.8 Å². The Kier molecular flexibility index (Phi) is 3.96. The average Bonchev–Trinajstić information content (AvgIpc) is 3.34. The zero-order chi connectivity index (χ0) is 22.9. The Labute approximate surface area is 199 Å². The van der Waals surface area contributed by atoms with E-state index in [1.807, 2.05) is 0 Å². The standard InChI is InChI=1S/C33H25N/c1-33(2)29-15-6-3-12-25(29)26-19-18-23(21-30(26)33)22-10-9-11-24(20-22)34-31-16-7-4-13-27(31)28-14-5-8-17-32(28)34/h3-21H,1-2H3. The molecule has 1 aliphatic rings. The molecule has 1 nitrogen and oxygen atoms in total. The van der Waals surface area contributed by atoms with Crippen LogP contribution in [0.4, 0.5) is 0 Å². The Morgan fingerprint density at radius 2 is 1.12 bits per heavy atom. The molecule has 0 fully saturated rings. The van der Waals surface area contributed by atoms with Crippen molar-refractivity contribution in [3.63, 3.8) is 0 Å². The molecule has 34 heavy (non-hydrogen) atoms. The smallest absolute Gasteiger partial charge is 0.0541 e. The van der Waals surface area contributed by atoms with E-state index >= 15 is 0 Å². The lowest BCUT2D eigenvalue weighted by Crippen LogP contribution is -2.14.